The van der Waals surface area contributed by atoms with Crippen LogP contribution in [0.3, 0.4) is 0 Å². The van der Waals surface area contributed by atoms with E-state index in [1.54, 1.807) is 7.11 Å². The zero-order valence-corrected chi connectivity index (χ0v) is 9.41. The molecule has 0 bridgehead atoms. The first-order chi connectivity index (χ1) is 7.27. The first-order valence-electron chi connectivity index (χ1n) is 5.25. The van der Waals surface area contributed by atoms with Gasteiger partial charge in [0, 0.05) is 17.5 Å². The summed E-state index contributed by atoms with van der Waals surface area (Å²) >= 11 is 0. The number of fused-ring (bicyclic) bond motifs is 1. The highest BCUT2D eigenvalue weighted by molar-refractivity contribution is 5.50. The molecule has 1 aromatic carbocycles. The van der Waals surface area contributed by atoms with Crippen LogP contribution in [-0.2, 0) is 0 Å². The Morgan fingerprint density at radius 3 is 3.00 bits per heavy atom. The number of rotatable bonds is 3. The van der Waals surface area contributed by atoms with Crippen LogP contribution < -0.4 is 14.8 Å². The van der Waals surface area contributed by atoms with Gasteiger partial charge in [0.25, 0.3) is 0 Å². The van der Waals surface area contributed by atoms with Gasteiger partial charge < -0.3 is 14.8 Å². The molecule has 0 aromatic heterocycles. The fourth-order valence-electron chi connectivity index (χ4n) is 2.05. The maximum Gasteiger partial charge on any atom is 0.126 e. The van der Waals surface area contributed by atoms with Crippen LogP contribution in [0.15, 0.2) is 18.2 Å². The molecular formula is C12H17NO2. The van der Waals surface area contributed by atoms with Crippen LogP contribution in [-0.4, -0.2) is 26.8 Å². The molecule has 0 radical (unpaired) electrons. The lowest BCUT2D eigenvalue weighted by atomic mass is 9.94. The number of hydrogen-bond acceptors (Lipinski definition) is 3. The van der Waals surface area contributed by atoms with E-state index in [2.05, 4.69) is 12.2 Å². The number of benzene rings is 1. The molecule has 2 atom stereocenters. The molecule has 2 unspecified atom stereocenters. The van der Waals surface area contributed by atoms with E-state index in [0.717, 1.165) is 18.1 Å². The van der Waals surface area contributed by atoms with Gasteiger partial charge in [-0.25, -0.2) is 0 Å². The predicted molar refractivity (Wildman–Crippen MR) is 59.8 cm³/mol. The highest BCUT2D eigenvalue weighted by Gasteiger charge is 2.31. The topological polar surface area (TPSA) is 30.5 Å². The molecule has 0 saturated heterocycles. The summed E-state index contributed by atoms with van der Waals surface area (Å²) in [5.74, 6) is 2.26. The van der Waals surface area contributed by atoms with Gasteiger partial charge in [-0.2, -0.15) is 0 Å². The minimum Gasteiger partial charge on any atom is -0.496 e. The quantitative estimate of drug-likeness (QED) is 0.819. The largest absolute Gasteiger partial charge is 0.496 e. The molecule has 82 valence electrons. The van der Waals surface area contributed by atoms with Crippen molar-refractivity contribution in [2.24, 2.45) is 0 Å². The maximum absolute atomic E-state index is 5.66. The van der Waals surface area contributed by atoms with Crippen LogP contribution in [0.4, 0.5) is 0 Å². The Morgan fingerprint density at radius 1 is 1.53 bits per heavy atom. The van der Waals surface area contributed by atoms with Gasteiger partial charge in [-0.05, 0) is 26.1 Å². The zero-order valence-electron chi connectivity index (χ0n) is 9.41. The first kappa shape index (κ1) is 10.3. The molecule has 0 spiro atoms. The minimum atomic E-state index is 0.376. The molecule has 1 heterocycles. The summed E-state index contributed by atoms with van der Waals surface area (Å²) in [4.78, 5) is 0. The first-order valence-corrected chi connectivity index (χ1v) is 5.25. The fraction of sp³-hybridized carbons (Fsp3) is 0.500. The standard InChI is InChI=1S/C12H17NO2/c1-8(13-2)9-7-15-11-6-4-5-10(14-3)12(9)11/h4-6,8-9,13H,7H2,1-3H3. The van der Waals surface area contributed by atoms with Crippen LogP contribution >= 0.6 is 0 Å². The lowest BCUT2D eigenvalue weighted by molar-refractivity contribution is 0.307. The van der Waals surface area contributed by atoms with E-state index in [4.69, 9.17) is 9.47 Å². The maximum atomic E-state index is 5.66. The molecule has 2 rings (SSSR count). The van der Waals surface area contributed by atoms with E-state index >= 15 is 0 Å². The molecular weight excluding hydrogens is 190 g/mol. The number of hydrogen-bond donors (Lipinski definition) is 1. The number of likely N-dealkylation sites (N-methyl/N-ethyl adjacent to an activating group) is 1. The SMILES string of the molecule is CNC(C)C1COc2cccc(OC)c21. The van der Waals surface area contributed by atoms with Crippen LogP contribution in [0, 0.1) is 0 Å². The second-order valence-corrected chi connectivity index (χ2v) is 3.87. The van der Waals surface area contributed by atoms with E-state index in [1.807, 2.05) is 25.2 Å². The third kappa shape index (κ3) is 1.67. The summed E-state index contributed by atoms with van der Waals surface area (Å²) in [6.45, 7) is 2.90. The third-order valence-electron chi connectivity index (χ3n) is 3.09. The van der Waals surface area contributed by atoms with Crippen molar-refractivity contribution in [3.63, 3.8) is 0 Å². The molecule has 1 N–H and O–H groups in total. The van der Waals surface area contributed by atoms with Crippen molar-refractivity contribution in [2.75, 3.05) is 20.8 Å². The van der Waals surface area contributed by atoms with Crippen LogP contribution in [0.1, 0.15) is 18.4 Å². The zero-order chi connectivity index (χ0) is 10.8. The summed E-state index contributed by atoms with van der Waals surface area (Å²) < 4.78 is 11.0. The summed E-state index contributed by atoms with van der Waals surface area (Å²) in [7, 11) is 3.67. The van der Waals surface area contributed by atoms with Gasteiger partial charge in [0.15, 0.2) is 0 Å². The van der Waals surface area contributed by atoms with Gasteiger partial charge in [0.05, 0.1) is 13.7 Å². The lowest BCUT2D eigenvalue weighted by Crippen LogP contribution is -2.29. The van der Waals surface area contributed by atoms with Crippen LogP contribution in [0.2, 0.25) is 0 Å². The smallest absolute Gasteiger partial charge is 0.126 e. The summed E-state index contributed by atoms with van der Waals surface area (Å²) in [6, 6.07) is 6.34. The highest BCUT2D eigenvalue weighted by Crippen LogP contribution is 2.41. The molecule has 0 fully saturated rings. The molecule has 3 nitrogen and oxygen atoms in total. The predicted octanol–water partition coefficient (Wildman–Crippen LogP) is 1.78. The average molecular weight is 207 g/mol. The summed E-state index contributed by atoms with van der Waals surface area (Å²) in [5, 5.41) is 3.26. The van der Waals surface area contributed by atoms with Crippen molar-refractivity contribution in [1.82, 2.24) is 5.32 Å². The molecule has 1 aliphatic heterocycles. The van der Waals surface area contributed by atoms with Crippen molar-refractivity contribution < 1.29 is 9.47 Å². The molecule has 0 saturated carbocycles. The Labute approximate surface area is 90.4 Å². The monoisotopic (exact) mass is 207 g/mol. The highest BCUT2D eigenvalue weighted by atomic mass is 16.5. The van der Waals surface area contributed by atoms with E-state index in [-0.39, 0.29) is 0 Å². The summed E-state index contributed by atoms with van der Waals surface area (Å²) in [5.41, 5.74) is 1.20. The molecule has 1 aromatic rings. The second kappa shape index (κ2) is 4.11. The van der Waals surface area contributed by atoms with Gasteiger partial charge in [0.1, 0.15) is 11.5 Å². The number of ether oxygens (including phenoxy) is 2. The van der Waals surface area contributed by atoms with Gasteiger partial charge in [-0.3, -0.25) is 0 Å². The molecule has 0 aliphatic carbocycles. The normalized spacial score (nSPS) is 20.6. The molecule has 1 aliphatic rings. The van der Waals surface area contributed by atoms with Crippen molar-refractivity contribution in [2.45, 2.75) is 18.9 Å². The van der Waals surface area contributed by atoms with Crippen molar-refractivity contribution >= 4 is 0 Å². The van der Waals surface area contributed by atoms with Gasteiger partial charge >= 0.3 is 0 Å². The molecule has 3 heteroatoms. The Morgan fingerprint density at radius 2 is 2.33 bits per heavy atom. The van der Waals surface area contributed by atoms with E-state index in [0.29, 0.717) is 12.0 Å². The third-order valence-corrected chi connectivity index (χ3v) is 3.09. The van der Waals surface area contributed by atoms with Crippen LogP contribution in [0.25, 0.3) is 0 Å². The lowest BCUT2D eigenvalue weighted by Gasteiger charge is -2.18. The molecule has 15 heavy (non-hydrogen) atoms. The van der Waals surface area contributed by atoms with E-state index in [9.17, 15) is 0 Å². The average Bonchev–Trinajstić information content (AvgIpc) is 2.71. The van der Waals surface area contributed by atoms with Crippen LogP contribution in [0.5, 0.6) is 11.5 Å². The van der Waals surface area contributed by atoms with Gasteiger partial charge in [0.2, 0.25) is 0 Å². The fourth-order valence-corrected chi connectivity index (χ4v) is 2.05. The van der Waals surface area contributed by atoms with Gasteiger partial charge in [-0.15, -0.1) is 0 Å². The number of methoxy groups -OCH3 is 1. The van der Waals surface area contributed by atoms with Gasteiger partial charge in [-0.1, -0.05) is 6.07 Å². The van der Waals surface area contributed by atoms with E-state index < -0.39 is 0 Å². The Hall–Kier alpha value is -1.22. The minimum absolute atomic E-state index is 0.376. The van der Waals surface area contributed by atoms with E-state index in [1.165, 1.54) is 5.56 Å². The van der Waals surface area contributed by atoms with Crippen molar-refractivity contribution in [1.29, 1.82) is 0 Å². The van der Waals surface area contributed by atoms with Crippen molar-refractivity contribution in [3.8, 4) is 11.5 Å². The van der Waals surface area contributed by atoms with Crippen molar-refractivity contribution in [3.05, 3.63) is 23.8 Å². The Bertz CT molecular complexity index is 351. The summed E-state index contributed by atoms with van der Waals surface area (Å²) in [6.07, 6.45) is 0. The second-order valence-electron chi connectivity index (χ2n) is 3.87. The number of nitrogens with one attached hydrogen (secondary N) is 1. The molecule has 0 amide bonds. The Kier molecular flexibility index (Phi) is 2.82. The Balaban J connectivity index is 2.39.